The molecule has 0 saturated carbocycles. The van der Waals surface area contributed by atoms with Crippen LogP contribution in [0.2, 0.25) is 0 Å². The van der Waals surface area contributed by atoms with Crippen LogP contribution in [0.4, 0.5) is 0 Å². The molecule has 1 rings (SSSR count). The van der Waals surface area contributed by atoms with E-state index in [4.69, 9.17) is 9.47 Å². The van der Waals surface area contributed by atoms with Gasteiger partial charge >= 0.3 is 0 Å². The Balaban J connectivity index is 3.51. The summed E-state index contributed by atoms with van der Waals surface area (Å²) in [6.07, 6.45) is 1.24. The van der Waals surface area contributed by atoms with Crippen molar-refractivity contribution in [1.82, 2.24) is 10.3 Å². The van der Waals surface area contributed by atoms with Gasteiger partial charge in [-0.15, -0.1) is 6.58 Å². The van der Waals surface area contributed by atoms with Crippen LogP contribution >= 0.6 is 0 Å². The third-order valence-electron chi connectivity index (χ3n) is 2.88. The summed E-state index contributed by atoms with van der Waals surface area (Å²) in [6.45, 7) is 7.67. The van der Waals surface area contributed by atoms with E-state index < -0.39 is 15.7 Å². The number of amides is 1. The molecule has 1 heterocycles. The molecule has 0 aliphatic heterocycles. The Bertz CT molecular complexity index is 683. The number of carbonyl (C=O) groups excluding carboxylic acids is 1. The number of hydrogen-bond donors (Lipinski definition) is 1. The normalized spacial score (nSPS) is 11.2. The predicted octanol–water partition coefficient (Wildman–Crippen LogP) is 1.44. The van der Waals surface area contributed by atoms with Gasteiger partial charge in [-0.1, -0.05) is 19.9 Å². The molecule has 7 nitrogen and oxygen atoms in total. The topological polar surface area (TPSA) is 94.6 Å². The standard InChI is InChI=1S/C15H22N2O5S/c1-6-7-23(19,20)14-11(21-4)8-12(22-5)17-13(14)15(18)16-9-10(2)3/h6,8,10H,1,7,9H2,2-5H3,(H,16,18). The Kier molecular flexibility index (Phi) is 6.56. The average molecular weight is 342 g/mol. The fourth-order valence-corrected chi connectivity index (χ4v) is 3.18. The van der Waals surface area contributed by atoms with Crippen LogP contribution in [0, 0.1) is 5.92 Å². The first-order valence-electron chi connectivity index (χ1n) is 7.01. The maximum Gasteiger partial charge on any atom is 0.271 e. The Morgan fingerprint density at radius 1 is 1.39 bits per heavy atom. The zero-order valence-electron chi connectivity index (χ0n) is 13.8. The van der Waals surface area contributed by atoms with Crippen LogP contribution in [-0.4, -0.2) is 45.8 Å². The summed E-state index contributed by atoms with van der Waals surface area (Å²) in [6, 6.07) is 1.33. The molecule has 1 aromatic rings. The molecule has 23 heavy (non-hydrogen) atoms. The van der Waals surface area contributed by atoms with Crippen molar-refractivity contribution >= 4 is 15.7 Å². The van der Waals surface area contributed by atoms with Crippen LogP contribution in [0.5, 0.6) is 11.6 Å². The van der Waals surface area contributed by atoms with Gasteiger partial charge in [-0.2, -0.15) is 0 Å². The van der Waals surface area contributed by atoms with Crippen molar-refractivity contribution in [3.05, 3.63) is 24.4 Å². The molecule has 0 fully saturated rings. The van der Waals surface area contributed by atoms with Gasteiger partial charge in [0, 0.05) is 12.6 Å². The molecule has 0 spiro atoms. The number of rotatable bonds is 8. The summed E-state index contributed by atoms with van der Waals surface area (Å²) < 4.78 is 35.1. The highest BCUT2D eigenvalue weighted by atomic mass is 32.2. The van der Waals surface area contributed by atoms with Crippen molar-refractivity contribution in [3.8, 4) is 11.6 Å². The number of methoxy groups -OCH3 is 2. The molecule has 1 aromatic heterocycles. The lowest BCUT2D eigenvalue weighted by Gasteiger charge is -2.15. The van der Waals surface area contributed by atoms with E-state index in [2.05, 4.69) is 16.9 Å². The lowest BCUT2D eigenvalue weighted by molar-refractivity contribution is 0.0938. The number of sulfone groups is 1. The van der Waals surface area contributed by atoms with E-state index in [1.807, 2.05) is 13.8 Å². The molecule has 8 heteroatoms. The zero-order valence-corrected chi connectivity index (χ0v) is 14.6. The van der Waals surface area contributed by atoms with Gasteiger partial charge in [0.2, 0.25) is 5.88 Å². The summed E-state index contributed by atoms with van der Waals surface area (Å²) in [5.74, 6) is -0.623. The van der Waals surface area contributed by atoms with E-state index in [0.29, 0.717) is 6.54 Å². The van der Waals surface area contributed by atoms with Crippen molar-refractivity contribution in [3.63, 3.8) is 0 Å². The highest BCUT2D eigenvalue weighted by Crippen LogP contribution is 2.31. The van der Waals surface area contributed by atoms with Crippen LogP contribution in [0.15, 0.2) is 23.6 Å². The first kappa shape index (κ1) is 19.0. The molecular formula is C15H22N2O5S. The molecule has 0 bridgehead atoms. The summed E-state index contributed by atoms with van der Waals surface area (Å²) in [5, 5.41) is 2.65. The summed E-state index contributed by atoms with van der Waals surface area (Å²) >= 11 is 0. The van der Waals surface area contributed by atoms with Crippen molar-refractivity contribution in [2.75, 3.05) is 26.5 Å². The first-order valence-corrected chi connectivity index (χ1v) is 8.66. The Morgan fingerprint density at radius 3 is 2.52 bits per heavy atom. The van der Waals surface area contributed by atoms with E-state index >= 15 is 0 Å². The van der Waals surface area contributed by atoms with Gasteiger partial charge in [0.1, 0.15) is 10.6 Å². The minimum atomic E-state index is -3.81. The fourth-order valence-electron chi connectivity index (χ4n) is 1.82. The summed E-state index contributed by atoms with van der Waals surface area (Å²) in [7, 11) is -1.13. The number of nitrogens with zero attached hydrogens (tertiary/aromatic N) is 1. The van der Waals surface area contributed by atoms with Gasteiger partial charge in [-0.25, -0.2) is 13.4 Å². The number of ether oxygens (including phenoxy) is 2. The van der Waals surface area contributed by atoms with E-state index in [0.717, 1.165) is 0 Å². The molecule has 1 N–H and O–H groups in total. The minimum Gasteiger partial charge on any atom is -0.495 e. The third kappa shape index (κ3) is 4.69. The van der Waals surface area contributed by atoms with E-state index in [9.17, 15) is 13.2 Å². The number of carbonyl (C=O) groups is 1. The first-order chi connectivity index (χ1) is 10.8. The monoisotopic (exact) mass is 342 g/mol. The summed E-state index contributed by atoms with van der Waals surface area (Å²) in [4.78, 5) is 16.1. The molecule has 0 aromatic carbocycles. The van der Waals surface area contributed by atoms with Crippen LogP contribution in [-0.2, 0) is 9.84 Å². The Morgan fingerprint density at radius 2 is 2.04 bits per heavy atom. The van der Waals surface area contributed by atoms with Crippen molar-refractivity contribution < 1.29 is 22.7 Å². The molecule has 0 unspecified atom stereocenters. The van der Waals surface area contributed by atoms with Gasteiger partial charge in [-0.05, 0) is 5.92 Å². The molecular weight excluding hydrogens is 320 g/mol. The average Bonchev–Trinajstić information content (AvgIpc) is 2.50. The van der Waals surface area contributed by atoms with Crippen LogP contribution in [0.3, 0.4) is 0 Å². The molecule has 0 saturated heterocycles. The SMILES string of the molecule is C=CCS(=O)(=O)c1c(OC)cc(OC)nc1C(=O)NCC(C)C. The molecule has 0 aliphatic carbocycles. The van der Waals surface area contributed by atoms with Crippen molar-refractivity contribution in [1.29, 1.82) is 0 Å². The Labute approximate surface area is 136 Å². The van der Waals surface area contributed by atoms with Gasteiger partial charge in [0.15, 0.2) is 15.5 Å². The number of pyridine rings is 1. The number of hydrogen-bond acceptors (Lipinski definition) is 6. The minimum absolute atomic E-state index is 0.00777. The number of aromatic nitrogens is 1. The highest BCUT2D eigenvalue weighted by molar-refractivity contribution is 7.91. The maximum atomic E-state index is 12.5. The smallest absolute Gasteiger partial charge is 0.271 e. The lowest BCUT2D eigenvalue weighted by Crippen LogP contribution is -2.30. The second-order valence-electron chi connectivity index (χ2n) is 5.22. The van der Waals surface area contributed by atoms with Crippen molar-refractivity contribution in [2.45, 2.75) is 18.7 Å². The van der Waals surface area contributed by atoms with Gasteiger partial charge < -0.3 is 14.8 Å². The van der Waals surface area contributed by atoms with Gasteiger partial charge in [0.05, 0.1) is 20.0 Å². The second-order valence-corrected chi connectivity index (χ2v) is 7.19. The van der Waals surface area contributed by atoms with Crippen LogP contribution in [0.1, 0.15) is 24.3 Å². The largest absolute Gasteiger partial charge is 0.495 e. The number of nitrogens with one attached hydrogen (secondary N) is 1. The van der Waals surface area contributed by atoms with Crippen LogP contribution in [0.25, 0.3) is 0 Å². The van der Waals surface area contributed by atoms with E-state index in [1.54, 1.807) is 0 Å². The zero-order chi connectivity index (χ0) is 17.6. The lowest BCUT2D eigenvalue weighted by atomic mass is 10.2. The van der Waals surface area contributed by atoms with E-state index in [-0.39, 0.29) is 33.9 Å². The summed E-state index contributed by atoms with van der Waals surface area (Å²) in [5.41, 5.74) is -0.247. The molecule has 1 amide bonds. The second kappa shape index (κ2) is 7.96. The highest BCUT2D eigenvalue weighted by Gasteiger charge is 2.29. The molecule has 128 valence electrons. The fraction of sp³-hybridized carbons (Fsp3) is 0.467. The van der Waals surface area contributed by atoms with E-state index in [1.165, 1.54) is 26.4 Å². The Hall–Kier alpha value is -2.09. The quantitative estimate of drug-likeness (QED) is 0.719. The molecule has 0 atom stereocenters. The predicted molar refractivity (Wildman–Crippen MR) is 86.8 cm³/mol. The van der Waals surface area contributed by atoms with Gasteiger partial charge in [0.25, 0.3) is 5.91 Å². The maximum absolute atomic E-state index is 12.5. The van der Waals surface area contributed by atoms with Crippen molar-refractivity contribution in [2.24, 2.45) is 5.92 Å². The van der Waals surface area contributed by atoms with Gasteiger partial charge in [-0.3, -0.25) is 4.79 Å². The van der Waals surface area contributed by atoms with Crippen LogP contribution < -0.4 is 14.8 Å². The third-order valence-corrected chi connectivity index (χ3v) is 4.57. The molecule has 0 aliphatic rings. The molecule has 0 radical (unpaired) electrons.